The lowest BCUT2D eigenvalue weighted by Crippen LogP contribution is -2.49. The van der Waals surface area contributed by atoms with Crippen LogP contribution in [0.5, 0.6) is 0 Å². The van der Waals surface area contributed by atoms with E-state index in [0.29, 0.717) is 6.61 Å². The van der Waals surface area contributed by atoms with Crippen molar-refractivity contribution in [3.63, 3.8) is 0 Å². The van der Waals surface area contributed by atoms with Gasteiger partial charge in [0.05, 0.1) is 12.2 Å². The van der Waals surface area contributed by atoms with Gasteiger partial charge in [-0.15, -0.1) is 0 Å². The van der Waals surface area contributed by atoms with Crippen LogP contribution >= 0.6 is 0 Å². The van der Waals surface area contributed by atoms with Gasteiger partial charge in [-0.2, -0.15) is 0 Å². The van der Waals surface area contributed by atoms with E-state index in [1.54, 1.807) is 0 Å². The Morgan fingerprint density at radius 3 is 1.65 bits per heavy atom. The second-order valence-corrected chi connectivity index (χ2v) is 28.3. The average molecular weight is 491 g/mol. The molecule has 0 saturated heterocycles. The third-order valence-electron chi connectivity index (χ3n) is 9.03. The summed E-state index contributed by atoms with van der Waals surface area (Å²) < 4.78 is 13.6. The molecule has 186 valence electrons. The summed E-state index contributed by atoms with van der Waals surface area (Å²) in [6.07, 6.45) is 1.09. The van der Waals surface area contributed by atoms with Crippen molar-refractivity contribution in [3.8, 4) is 0 Å². The van der Waals surface area contributed by atoms with Gasteiger partial charge in [-0.3, -0.25) is 0 Å². The number of aliphatic hydroxyl groups is 1. The Kier molecular flexibility index (Phi) is 8.83. The molecule has 0 aromatic carbocycles. The Hall–Kier alpha value is 0.491. The van der Waals surface area contributed by atoms with Crippen LogP contribution in [0.15, 0.2) is 0 Å². The summed E-state index contributed by atoms with van der Waals surface area (Å²) in [7, 11) is -6.28. The lowest BCUT2D eigenvalue weighted by Gasteiger charge is -2.44. The van der Waals surface area contributed by atoms with Crippen molar-refractivity contribution in [2.45, 2.75) is 135 Å². The van der Waals surface area contributed by atoms with Crippen molar-refractivity contribution in [2.75, 3.05) is 6.61 Å². The molecule has 0 spiro atoms. The van der Waals surface area contributed by atoms with Gasteiger partial charge < -0.3 is 18.8 Å². The third-order valence-corrected chi connectivity index (χ3v) is 21.5. The van der Waals surface area contributed by atoms with E-state index in [9.17, 15) is 9.90 Å². The lowest BCUT2D eigenvalue weighted by molar-refractivity contribution is 0.0404. The van der Waals surface area contributed by atoms with Crippen LogP contribution in [0.4, 0.5) is 0 Å². The van der Waals surface area contributed by atoms with Gasteiger partial charge in [0, 0.05) is 18.4 Å². The first-order chi connectivity index (χ1) is 13.4. The second kappa shape index (κ2) is 9.27. The molecule has 1 fully saturated rings. The van der Waals surface area contributed by atoms with Gasteiger partial charge in [-0.25, -0.2) is 0 Å². The minimum absolute atomic E-state index is 0.0173. The van der Waals surface area contributed by atoms with Crippen LogP contribution in [-0.2, 0) is 8.85 Å². The molecule has 0 aromatic rings. The fraction of sp³-hybridized carbons (Fsp3) is 1.00. The standard InChI is InChI=1S/C24H54O4Si3/c1-22(2,3)30(11,12)27-17-18-15-20(25)19(16-24(7,8)29(9,10)26)21(18)28-31(13,14)23(4,5)6/h18-21,25-26H,15-17H2,1-14H3/t18-,19+,20-,21-/m1/s1. The highest BCUT2D eigenvalue weighted by molar-refractivity contribution is 6.74. The van der Waals surface area contributed by atoms with Crippen molar-refractivity contribution in [3.05, 3.63) is 0 Å². The molecule has 0 radical (unpaired) electrons. The van der Waals surface area contributed by atoms with Crippen LogP contribution in [0.25, 0.3) is 0 Å². The van der Waals surface area contributed by atoms with Crippen molar-refractivity contribution in [1.82, 2.24) is 0 Å². The van der Waals surface area contributed by atoms with Gasteiger partial charge in [0.1, 0.15) is 0 Å². The molecule has 0 unspecified atom stereocenters. The highest BCUT2D eigenvalue weighted by Crippen LogP contribution is 2.50. The quantitative estimate of drug-likeness (QED) is 0.369. The van der Waals surface area contributed by atoms with E-state index in [1.807, 2.05) is 13.1 Å². The van der Waals surface area contributed by atoms with Gasteiger partial charge in [-0.05, 0) is 67.2 Å². The summed E-state index contributed by atoms with van der Waals surface area (Å²) in [4.78, 5) is 10.9. The molecule has 0 aromatic heterocycles. The summed E-state index contributed by atoms with van der Waals surface area (Å²) in [5, 5.41) is 11.2. The SMILES string of the molecule is CC(C)(C[C@@H]1[C@H](O[Si](C)(C)C(C)(C)C)[C@@H](CO[Si](C)(C)C(C)(C)C)C[C@H]1O)[Si](C)(C)O. The van der Waals surface area contributed by atoms with E-state index in [1.165, 1.54) is 0 Å². The molecule has 1 saturated carbocycles. The van der Waals surface area contributed by atoms with Crippen molar-refractivity contribution >= 4 is 25.0 Å². The first-order valence-corrected chi connectivity index (χ1v) is 20.9. The predicted molar refractivity (Wildman–Crippen MR) is 141 cm³/mol. The smallest absolute Gasteiger partial charge is 0.192 e. The molecule has 31 heavy (non-hydrogen) atoms. The van der Waals surface area contributed by atoms with Crippen LogP contribution < -0.4 is 0 Å². The van der Waals surface area contributed by atoms with Gasteiger partial charge >= 0.3 is 0 Å². The molecule has 1 aliphatic rings. The van der Waals surface area contributed by atoms with Crippen molar-refractivity contribution in [1.29, 1.82) is 0 Å². The molecule has 7 heteroatoms. The number of hydrogen-bond acceptors (Lipinski definition) is 4. The Morgan fingerprint density at radius 2 is 1.26 bits per heavy atom. The Labute approximate surface area is 196 Å². The Morgan fingerprint density at radius 1 is 0.806 bits per heavy atom. The lowest BCUT2D eigenvalue weighted by atomic mass is 9.90. The van der Waals surface area contributed by atoms with Crippen LogP contribution in [-0.4, -0.2) is 53.7 Å². The summed E-state index contributed by atoms with van der Waals surface area (Å²) in [5.41, 5.74) is 0. The molecular formula is C24H54O4Si3. The zero-order valence-electron chi connectivity index (χ0n) is 23.1. The van der Waals surface area contributed by atoms with Gasteiger partial charge in [-0.1, -0.05) is 55.4 Å². The van der Waals surface area contributed by atoms with E-state index in [0.717, 1.165) is 12.8 Å². The third kappa shape index (κ3) is 6.99. The molecule has 0 aliphatic heterocycles. The highest BCUT2D eigenvalue weighted by Gasteiger charge is 2.52. The van der Waals surface area contributed by atoms with Crippen molar-refractivity contribution < 1.29 is 18.8 Å². The largest absolute Gasteiger partial charge is 0.432 e. The first kappa shape index (κ1) is 29.5. The zero-order valence-corrected chi connectivity index (χ0v) is 26.1. The minimum Gasteiger partial charge on any atom is -0.432 e. The minimum atomic E-state index is -2.38. The van der Waals surface area contributed by atoms with E-state index in [4.69, 9.17) is 8.85 Å². The van der Waals surface area contributed by atoms with E-state index >= 15 is 0 Å². The van der Waals surface area contributed by atoms with E-state index in [-0.39, 0.29) is 33.1 Å². The molecule has 4 atom stereocenters. The molecule has 0 amide bonds. The van der Waals surface area contributed by atoms with Crippen LogP contribution in [0.3, 0.4) is 0 Å². The first-order valence-electron chi connectivity index (χ1n) is 12.2. The maximum Gasteiger partial charge on any atom is 0.192 e. The Balaban J connectivity index is 3.22. The maximum absolute atomic E-state index is 11.2. The highest BCUT2D eigenvalue weighted by atomic mass is 28.4. The molecule has 4 nitrogen and oxygen atoms in total. The maximum atomic E-state index is 11.2. The molecule has 1 aliphatic carbocycles. The molecule has 0 bridgehead atoms. The average Bonchev–Trinajstić information content (AvgIpc) is 2.77. The topological polar surface area (TPSA) is 58.9 Å². The molecule has 0 heterocycles. The number of hydrogen-bond donors (Lipinski definition) is 2. The summed E-state index contributed by atoms with van der Waals surface area (Å²) >= 11 is 0. The fourth-order valence-corrected chi connectivity index (χ4v) is 6.87. The van der Waals surface area contributed by atoms with Gasteiger partial charge in [0.15, 0.2) is 25.0 Å². The number of rotatable bonds is 8. The fourth-order valence-electron chi connectivity index (χ4n) is 3.67. The zero-order chi connectivity index (χ0) is 24.8. The number of aliphatic hydroxyl groups excluding tert-OH is 1. The van der Waals surface area contributed by atoms with Crippen LogP contribution in [0, 0.1) is 11.8 Å². The monoisotopic (exact) mass is 490 g/mol. The van der Waals surface area contributed by atoms with E-state index in [2.05, 4.69) is 81.6 Å². The molecule has 2 N–H and O–H groups in total. The predicted octanol–water partition coefficient (Wildman–Crippen LogP) is 6.76. The summed E-state index contributed by atoms with van der Waals surface area (Å²) in [5.74, 6) is 0.235. The van der Waals surface area contributed by atoms with E-state index < -0.39 is 31.1 Å². The Bertz CT molecular complexity index is 597. The van der Waals surface area contributed by atoms with Crippen LogP contribution in [0.2, 0.25) is 54.4 Å². The second-order valence-electron chi connectivity index (χ2n) is 14.3. The normalized spacial score (nSPS) is 27.1. The summed E-state index contributed by atoms with van der Waals surface area (Å²) in [6, 6.07) is 0. The summed E-state index contributed by atoms with van der Waals surface area (Å²) in [6.45, 7) is 31.8. The molecule has 1 rings (SSSR count). The molecular weight excluding hydrogens is 437 g/mol. The van der Waals surface area contributed by atoms with Crippen molar-refractivity contribution in [2.24, 2.45) is 11.8 Å². The van der Waals surface area contributed by atoms with Crippen LogP contribution in [0.1, 0.15) is 68.2 Å². The van der Waals surface area contributed by atoms with Gasteiger partial charge in [0.2, 0.25) is 0 Å². The van der Waals surface area contributed by atoms with Gasteiger partial charge in [0.25, 0.3) is 0 Å².